The molecule has 4 aromatic rings. The van der Waals surface area contributed by atoms with Crippen molar-refractivity contribution in [3.8, 4) is 22.6 Å². The van der Waals surface area contributed by atoms with Crippen LogP contribution in [0.4, 0.5) is 0 Å². The predicted molar refractivity (Wildman–Crippen MR) is 119 cm³/mol. The van der Waals surface area contributed by atoms with E-state index in [4.69, 9.17) is 14.5 Å². The number of carbonyl (C=O) groups is 1. The molecule has 4 nitrogen and oxygen atoms in total. The molecule has 4 rings (SSSR count). The van der Waals surface area contributed by atoms with Crippen LogP contribution in [0.25, 0.3) is 40.8 Å². The number of benzene rings is 3. The van der Waals surface area contributed by atoms with Crippen LogP contribution in [-0.4, -0.2) is 16.1 Å². The van der Waals surface area contributed by atoms with Crippen LogP contribution >= 0.6 is 0 Å². The third-order valence-electron chi connectivity index (χ3n) is 4.47. The fraction of sp³-hybridized carbons (Fsp3) is 0. The average Bonchev–Trinajstić information content (AvgIpc) is 3.22. The van der Waals surface area contributed by atoms with Gasteiger partial charge in [0, 0.05) is 23.3 Å². The Morgan fingerprint density at radius 2 is 1.40 bits per heavy atom. The lowest BCUT2D eigenvalue weighted by Gasteiger charge is -2.00. The largest absolute Gasteiger partial charge is 0.478 e. The summed E-state index contributed by atoms with van der Waals surface area (Å²) in [4.78, 5) is 15.4. The first-order valence-electron chi connectivity index (χ1n) is 9.50. The summed E-state index contributed by atoms with van der Waals surface area (Å²) in [6.45, 7) is 0. The van der Waals surface area contributed by atoms with Crippen molar-refractivity contribution in [3.63, 3.8) is 0 Å². The lowest BCUT2D eigenvalue weighted by molar-refractivity contribution is -0.131. The molecule has 1 heterocycles. The molecule has 1 aromatic heterocycles. The zero-order valence-electron chi connectivity index (χ0n) is 16.1. The van der Waals surface area contributed by atoms with Gasteiger partial charge in [0.1, 0.15) is 5.69 Å². The molecular weight excluding hydrogens is 374 g/mol. The normalized spacial score (nSPS) is 11.3. The lowest BCUT2D eigenvalue weighted by atomic mass is 10.1. The Balaban J connectivity index is 1.68. The average molecular weight is 393 g/mol. The van der Waals surface area contributed by atoms with Gasteiger partial charge < -0.3 is 9.52 Å². The number of nitrogens with zero attached hydrogens (tertiary/aromatic N) is 1. The van der Waals surface area contributed by atoms with Gasteiger partial charge in [-0.1, -0.05) is 78.9 Å². The summed E-state index contributed by atoms with van der Waals surface area (Å²) in [6, 6.07) is 27.4. The molecule has 0 aliphatic rings. The van der Waals surface area contributed by atoms with Gasteiger partial charge in [0.05, 0.1) is 0 Å². The van der Waals surface area contributed by atoms with E-state index in [1.807, 2.05) is 97.1 Å². The molecule has 0 amide bonds. The molecule has 0 spiro atoms. The maximum atomic E-state index is 10.7. The summed E-state index contributed by atoms with van der Waals surface area (Å²) in [5, 5.41) is 8.79. The Labute approximate surface area is 174 Å². The monoisotopic (exact) mass is 393 g/mol. The highest BCUT2D eigenvalue weighted by Crippen LogP contribution is 2.33. The molecule has 0 atom stereocenters. The third kappa shape index (κ3) is 4.62. The third-order valence-corrected chi connectivity index (χ3v) is 4.47. The van der Waals surface area contributed by atoms with Gasteiger partial charge >= 0.3 is 5.97 Å². The van der Waals surface area contributed by atoms with Gasteiger partial charge in [-0.05, 0) is 29.3 Å². The fourth-order valence-corrected chi connectivity index (χ4v) is 3.09. The van der Waals surface area contributed by atoms with Gasteiger partial charge in [-0.25, -0.2) is 9.78 Å². The lowest BCUT2D eigenvalue weighted by Crippen LogP contribution is -1.85. The maximum absolute atomic E-state index is 10.7. The van der Waals surface area contributed by atoms with Crippen molar-refractivity contribution in [2.45, 2.75) is 0 Å². The molecule has 0 bridgehead atoms. The second kappa shape index (κ2) is 8.88. The topological polar surface area (TPSA) is 63.3 Å². The molecule has 0 fully saturated rings. The Hall–Kier alpha value is -4.18. The number of aromatic nitrogens is 1. The number of rotatable bonds is 6. The van der Waals surface area contributed by atoms with Crippen molar-refractivity contribution in [3.05, 3.63) is 108 Å². The first-order valence-corrected chi connectivity index (χ1v) is 9.50. The SMILES string of the molecule is O=C(O)C=Cc1cccc(C=Cc2nc(-c3ccccc3)c(-c3ccccc3)o2)c1. The van der Waals surface area contributed by atoms with Crippen LogP contribution in [0.15, 0.2) is 95.4 Å². The maximum Gasteiger partial charge on any atom is 0.328 e. The highest BCUT2D eigenvalue weighted by Gasteiger charge is 2.15. The predicted octanol–water partition coefficient (Wildman–Crippen LogP) is 6.28. The number of oxazole rings is 1. The van der Waals surface area contributed by atoms with E-state index in [0.717, 1.165) is 39.8 Å². The number of carboxylic acid groups (broad SMARTS) is 1. The minimum atomic E-state index is -0.974. The van der Waals surface area contributed by atoms with Gasteiger partial charge in [-0.15, -0.1) is 0 Å². The molecule has 0 saturated heterocycles. The number of hydrogen-bond acceptors (Lipinski definition) is 3. The van der Waals surface area contributed by atoms with Crippen LogP contribution in [0.1, 0.15) is 17.0 Å². The molecule has 1 N–H and O–H groups in total. The molecule has 0 radical (unpaired) electrons. The first kappa shape index (κ1) is 19.2. The number of carboxylic acids is 1. The fourth-order valence-electron chi connectivity index (χ4n) is 3.09. The van der Waals surface area contributed by atoms with Crippen molar-refractivity contribution in [1.29, 1.82) is 0 Å². The van der Waals surface area contributed by atoms with Gasteiger partial charge in [-0.2, -0.15) is 0 Å². The number of hydrogen-bond donors (Lipinski definition) is 1. The molecule has 4 heteroatoms. The van der Waals surface area contributed by atoms with E-state index >= 15 is 0 Å². The zero-order valence-corrected chi connectivity index (χ0v) is 16.1. The molecular formula is C26H19NO3. The van der Waals surface area contributed by atoms with E-state index in [2.05, 4.69) is 0 Å². The van der Waals surface area contributed by atoms with Crippen molar-refractivity contribution >= 4 is 24.2 Å². The smallest absolute Gasteiger partial charge is 0.328 e. The molecule has 0 aliphatic heterocycles. The quantitative estimate of drug-likeness (QED) is 0.392. The summed E-state index contributed by atoms with van der Waals surface area (Å²) in [5.41, 5.74) is 4.47. The van der Waals surface area contributed by atoms with Crippen LogP contribution in [0.3, 0.4) is 0 Å². The van der Waals surface area contributed by atoms with Crippen molar-refractivity contribution in [2.75, 3.05) is 0 Å². The Bertz CT molecular complexity index is 1150. The van der Waals surface area contributed by atoms with Gasteiger partial charge in [0.25, 0.3) is 0 Å². The van der Waals surface area contributed by atoms with Crippen LogP contribution in [0, 0.1) is 0 Å². The van der Waals surface area contributed by atoms with E-state index in [1.165, 1.54) is 0 Å². The second-order valence-electron chi connectivity index (χ2n) is 6.64. The molecule has 146 valence electrons. The van der Waals surface area contributed by atoms with E-state index in [-0.39, 0.29) is 0 Å². The van der Waals surface area contributed by atoms with Gasteiger partial charge in [-0.3, -0.25) is 0 Å². The molecule has 30 heavy (non-hydrogen) atoms. The number of aliphatic carboxylic acids is 1. The van der Waals surface area contributed by atoms with Crippen LogP contribution in [0.2, 0.25) is 0 Å². The van der Waals surface area contributed by atoms with E-state index in [0.29, 0.717) is 5.89 Å². The zero-order chi connectivity index (χ0) is 20.8. The van der Waals surface area contributed by atoms with E-state index < -0.39 is 5.97 Å². The van der Waals surface area contributed by atoms with Gasteiger partial charge in [0.2, 0.25) is 5.89 Å². The Morgan fingerprint density at radius 1 is 0.767 bits per heavy atom. The molecule has 0 aliphatic carbocycles. The van der Waals surface area contributed by atoms with Crippen LogP contribution in [0.5, 0.6) is 0 Å². The Kier molecular flexibility index (Phi) is 5.67. The molecule has 3 aromatic carbocycles. The van der Waals surface area contributed by atoms with E-state index in [1.54, 1.807) is 6.08 Å². The highest BCUT2D eigenvalue weighted by molar-refractivity contribution is 5.85. The molecule has 0 unspecified atom stereocenters. The summed E-state index contributed by atoms with van der Waals surface area (Å²) in [5.74, 6) is 0.247. The summed E-state index contributed by atoms with van der Waals surface area (Å²) >= 11 is 0. The summed E-state index contributed by atoms with van der Waals surface area (Å²) in [6.07, 6.45) is 6.40. The Morgan fingerprint density at radius 3 is 2.07 bits per heavy atom. The highest BCUT2D eigenvalue weighted by atomic mass is 16.4. The molecule has 0 saturated carbocycles. The first-order chi connectivity index (χ1) is 14.7. The van der Waals surface area contributed by atoms with Crippen molar-refractivity contribution in [2.24, 2.45) is 0 Å². The summed E-state index contributed by atoms with van der Waals surface area (Å²) in [7, 11) is 0. The van der Waals surface area contributed by atoms with Crippen molar-refractivity contribution < 1.29 is 14.3 Å². The standard InChI is InChI=1S/C26H19NO3/c28-24(29)17-15-20-9-7-8-19(18-20)14-16-23-27-25(21-10-3-1-4-11-21)26(30-23)22-12-5-2-6-13-22/h1-18H,(H,28,29). The van der Waals surface area contributed by atoms with E-state index in [9.17, 15) is 4.79 Å². The second-order valence-corrected chi connectivity index (χ2v) is 6.64. The van der Waals surface area contributed by atoms with Crippen molar-refractivity contribution in [1.82, 2.24) is 4.98 Å². The minimum absolute atomic E-state index is 0.499. The van der Waals surface area contributed by atoms with Crippen LogP contribution in [-0.2, 0) is 4.79 Å². The summed E-state index contributed by atoms with van der Waals surface area (Å²) < 4.78 is 6.10. The minimum Gasteiger partial charge on any atom is -0.478 e. The van der Waals surface area contributed by atoms with Crippen LogP contribution < -0.4 is 0 Å². The van der Waals surface area contributed by atoms with Gasteiger partial charge in [0.15, 0.2) is 5.76 Å².